The van der Waals surface area contributed by atoms with E-state index in [4.69, 9.17) is 4.74 Å². The van der Waals surface area contributed by atoms with Crippen LogP contribution in [0.15, 0.2) is 29.2 Å². The third kappa shape index (κ3) is 3.01. The lowest BCUT2D eigenvalue weighted by Gasteiger charge is -2.18. The van der Waals surface area contributed by atoms with Gasteiger partial charge in [0.25, 0.3) is 0 Å². The number of ether oxygens (including phenoxy) is 1. The summed E-state index contributed by atoms with van der Waals surface area (Å²) < 4.78 is 5.25. The van der Waals surface area contributed by atoms with Gasteiger partial charge in [-0.05, 0) is 19.1 Å². The molecule has 1 fully saturated rings. The van der Waals surface area contributed by atoms with Gasteiger partial charge in [-0.2, -0.15) is 0 Å². The van der Waals surface area contributed by atoms with Crippen molar-refractivity contribution < 1.29 is 14.3 Å². The zero-order valence-corrected chi connectivity index (χ0v) is 11.7. The molecule has 1 aliphatic heterocycles. The Morgan fingerprint density at radius 2 is 2.21 bits per heavy atom. The van der Waals surface area contributed by atoms with Crippen molar-refractivity contribution in [1.82, 2.24) is 10.2 Å². The lowest BCUT2D eigenvalue weighted by molar-refractivity contribution is -0.126. The van der Waals surface area contributed by atoms with Crippen LogP contribution in [0.1, 0.15) is 6.92 Å². The highest BCUT2D eigenvalue weighted by atomic mass is 32.2. The second-order valence-electron chi connectivity index (χ2n) is 4.13. The molecule has 1 aromatic rings. The number of carbonyl (C=O) groups excluding carboxylic acids is 2. The maximum Gasteiger partial charge on any atom is 0.324 e. The fraction of sp³-hybridized carbons (Fsp3) is 0.385. The first-order chi connectivity index (χ1) is 9.13. The van der Waals surface area contributed by atoms with Gasteiger partial charge in [0.15, 0.2) is 0 Å². The van der Waals surface area contributed by atoms with Crippen LogP contribution < -0.4 is 10.1 Å². The summed E-state index contributed by atoms with van der Waals surface area (Å²) in [5.74, 6) is 0.559. The van der Waals surface area contributed by atoms with Crippen molar-refractivity contribution in [2.45, 2.75) is 17.1 Å². The van der Waals surface area contributed by atoms with E-state index < -0.39 is 0 Å². The van der Waals surface area contributed by atoms with Gasteiger partial charge in [-0.3, -0.25) is 9.69 Å². The number of carbonyl (C=O) groups is 2. The molecule has 2 rings (SSSR count). The monoisotopic (exact) mass is 280 g/mol. The number of hydrogen-bond acceptors (Lipinski definition) is 4. The smallest absolute Gasteiger partial charge is 0.324 e. The van der Waals surface area contributed by atoms with E-state index in [-0.39, 0.29) is 17.2 Å². The number of rotatable bonds is 4. The number of para-hydroxylation sites is 1. The molecule has 0 aromatic heterocycles. The minimum Gasteiger partial charge on any atom is -0.496 e. The van der Waals surface area contributed by atoms with Gasteiger partial charge in [-0.25, -0.2) is 4.79 Å². The maximum atomic E-state index is 12.2. The number of hydrogen-bond donors (Lipinski definition) is 1. The molecule has 3 amide bonds. The van der Waals surface area contributed by atoms with Crippen molar-refractivity contribution in [1.29, 1.82) is 0 Å². The summed E-state index contributed by atoms with van der Waals surface area (Å²) in [4.78, 5) is 25.8. The Kier molecular flexibility index (Phi) is 4.31. The standard InChI is InChI=1S/C13H16N2O3S/c1-9(12(16)15-8-7-14-13(15)17)19-11-6-4-3-5-10(11)18-2/h3-6,9H,7-8H2,1-2H3,(H,14,17). The van der Waals surface area contributed by atoms with Crippen molar-refractivity contribution in [3.05, 3.63) is 24.3 Å². The molecule has 1 atom stereocenters. The summed E-state index contributed by atoms with van der Waals surface area (Å²) >= 11 is 1.40. The molecule has 1 unspecified atom stereocenters. The molecule has 0 saturated carbocycles. The van der Waals surface area contributed by atoms with Gasteiger partial charge in [0, 0.05) is 13.1 Å². The number of thioether (sulfide) groups is 1. The fourth-order valence-corrected chi connectivity index (χ4v) is 2.89. The predicted molar refractivity (Wildman–Crippen MR) is 73.4 cm³/mol. The van der Waals surface area contributed by atoms with E-state index in [1.54, 1.807) is 14.0 Å². The van der Waals surface area contributed by atoms with E-state index in [0.717, 1.165) is 10.6 Å². The zero-order valence-electron chi connectivity index (χ0n) is 10.9. The molecular formula is C13H16N2O3S. The normalized spacial score (nSPS) is 16.1. The van der Waals surface area contributed by atoms with Crippen LogP contribution in [0, 0.1) is 0 Å². The van der Waals surface area contributed by atoms with Crippen molar-refractivity contribution in [3.63, 3.8) is 0 Å². The van der Waals surface area contributed by atoms with Crippen LogP contribution in [-0.2, 0) is 4.79 Å². The number of benzene rings is 1. The predicted octanol–water partition coefficient (Wildman–Crippen LogP) is 1.73. The number of nitrogens with zero attached hydrogens (tertiary/aromatic N) is 1. The van der Waals surface area contributed by atoms with Crippen LogP contribution >= 0.6 is 11.8 Å². The Hall–Kier alpha value is -1.69. The Labute approximate surface area is 116 Å². The average molecular weight is 280 g/mol. The quantitative estimate of drug-likeness (QED) is 0.853. The minimum atomic E-state index is -0.333. The number of methoxy groups -OCH3 is 1. The summed E-state index contributed by atoms with van der Waals surface area (Å²) in [5.41, 5.74) is 0. The molecule has 0 radical (unpaired) electrons. The van der Waals surface area contributed by atoms with Crippen LogP contribution in [0.25, 0.3) is 0 Å². The molecule has 19 heavy (non-hydrogen) atoms. The van der Waals surface area contributed by atoms with Crippen LogP contribution in [0.4, 0.5) is 4.79 Å². The molecule has 1 N–H and O–H groups in total. The molecule has 6 heteroatoms. The van der Waals surface area contributed by atoms with Gasteiger partial charge in [0.1, 0.15) is 5.75 Å². The number of imide groups is 1. The first-order valence-electron chi connectivity index (χ1n) is 6.02. The van der Waals surface area contributed by atoms with Crippen LogP contribution in [-0.4, -0.2) is 42.3 Å². The Morgan fingerprint density at radius 1 is 1.47 bits per heavy atom. The van der Waals surface area contributed by atoms with Gasteiger partial charge in [-0.1, -0.05) is 12.1 Å². The fourth-order valence-electron chi connectivity index (χ4n) is 1.86. The van der Waals surface area contributed by atoms with Crippen LogP contribution in [0.2, 0.25) is 0 Å². The van der Waals surface area contributed by atoms with Crippen LogP contribution in [0.3, 0.4) is 0 Å². The molecule has 0 bridgehead atoms. The van der Waals surface area contributed by atoms with E-state index in [9.17, 15) is 9.59 Å². The Balaban J connectivity index is 2.06. The topological polar surface area (TPSA) is 58.6 Å². The minimum absolute atomic E-state index is 0.175. The second-order valence-corrected chi connectivity index (χ2v) is 5.52. The van der Waals surface area contributed by atoms with E-state index in [1.165, 1.54) is 16.7 Å². The molecule has 1 aromatic carbocycles. The van der Waals surface area contributed by atoms with Gasteiger partial charge in [-0.15, -0.1) is 11.8 Å². The maximum absolute atomic E-state index is 12.2. The third-order valence-electron chi connectivity index (χ3n) is 2.84. The molecule has 0 aliphatic carbocycles. The first-order valence-corrected chi connectivity index (χ1v) is 6.90. The molecule has 102 valence electrons. The summed E-state index contributed by atoms with van der Waals surface area (Å²) in [7, 11) is 1.60. The van der Waals surface area contributed by atoms with E-state index in [0.29, 0.717) is 13.1 Å². The van der Waals surface area contributed by atoms with Gasteiger partial charge in [0.2, 0.25) is 5.91 Å². The van der Waals surface area contributed by atoms with E-state index in [2.05, 4.69) is 5.32 Å². The first kappa shape index (κ1) is 13.7. The zero-order chi connectivity index (χ0) is 13.8. The summed E-state index contributed by atoms with van der Waals surface area (Å²) in [6.07, 6.45) is 0. The highest BCUT2D eigenvalue weighted by molar-refractivity contribution is 8.00. The Bertz CT molecular complexity index is 493. The molecule has 1 saturated heterocycles. The molecule has 5 nitrogen and oxygen atoms in total. The summed E-state index contributed by atoms with van der Waals surface area (Å²) in [6, 6.07) is 7.21. The highest BCUT2D eigenvalue weighted by Gasteiger charge is 2.30. The number of amides is 3. The van der Waals surface area contributed by atoms with Crippen LogP contribution in [0.5, 0.6) is 5.75 Å². The summed E-state index contributed by atoms with van der Waals surface area (Å²) in [5, 5.41) is 2.29. The number of urea groups is 1. The van der Waals surface area contributed by atoms with Crippen molar-refractivity contribution in [2.75, 3.05) is 20.2 Å². The van der Waals surface area contributed by atoms with Crippen molar-refractivity contribution in [2.24, 2.45) is 0 Å². The average Bonchev–Trinajstić information content (AvgIpc) is 2.84. The molecular weight excluding hydrogens is 264 g/mol. The number of nitrogens with one attached hydrogen (secondary N) is 1. The lowest BCUT2D eigenvalue weighted by atomic mass is 10.3. The van der Waals surface area contributed by atoms with Gasteiger partial charge in [0.05, 0.1) is 17.3 Å². The largest absolute Gasteiger partial charge is 0.496 e. The van der Waals surface area contributed by atoms with Gasteiger partial charge < -0.3 is 10.1 Å². The highest BCUT2D eigenvalue weighted by Crippen LogP contribution is 2.32. The van der Waals surface area contributed by atoms with Gasteiger partial charge >= 0.3 is 6.03 Å². The van der Waals surface area contributed by atoms with Crippen molar-refractivity contribution >= 4 is 23.7 Å². The molecule has 1 heterocycles. The van der Waals surface area contributed by atoms with E-state index >= 15 is 0 Å². The second kappa shape index (κ2) is 5.97. The van der Waals surface area contributed by atoms with Crippen molar-refractivity contribution in [3.8, 4) is 5.75 Å². The molecule has 1 aliphatic rings. The SMILES string of the molecule is COc1ccccc1SC(C)C(=O)N1CCNC1=O. The van der Waals surface area contributed by atoms with E-state index in [1.807, 2.05) is 24.3 Å². The Morgan fingerprint density at radius 3 is 2.84 bits per heavy atom. The molecule has 0 spiro atoms. The summed E-state index contributed by atoms with van der Waals surface area (Å²) in [6.45, 7) is 2.76. The third-order valence-corrected chi connectivity index (χ3v) is 3.99. The lowest BCUT2D eigenvalue weighted by Crippen LogP contribution is -2.38.